The van der Waals surface area contributed by atoms with Gasteiger partial charge in [-0.15, -0.1) is 10.2 Å². The summed E-state index contributed by atoms with van der Waals surface area (Å²) in [7, 11) is 3.41. The molecule has 0 aliphatic carbocycles. The zero-order chi connectivity index (χ0) is 21.7. The zero-order valence-corrected chi connectivity index (χ0v) is 18.2. The van der Waals surface area contributed by atoms with Crippen molar-refractivity contribution in [3.05, 3.63) is 71.0 Å². The topological polar surface area (TPSA) is 86.1 Å². The molecule has 1 amide bonds. The van der Waals surface area contributed by atoms with E-state index in [0.29, 0.717) is 27.9 Å². The third kappa shape index (κ3) is 4.88. The number of benzene rings is 2. The van der Waals surface area contributed by atoms with Crippen LogP contribution in [-0.2, 0) is 7.05 Å². The summed E-state index contributed by atoms with van der Waals surface area (Å²) < 4.78 is 6.91. The Kier molecular flexibility index (Phi) is 6.89. The summed E-state index contributed by atoms with van der Waals surface area (Å²) in [6.45, 7) is 3.76. The summed E-state index contributed by atoms with van der Waals surface area (Å²) in [5.41, 5.74) is 2.16. The Balaban J connectivity index is 1.62. The Labute approximate surface area is 179 Å². The fourth-order valence-electron chi connectivity index (χ4n) is 2.99. The third-order valence-corrected chi connectivity index (χ3v) is 5.76. The van der Waals surface area contributed by atoms with Crippen LogP contribution in [0.2, 0.25) is 0 Å². The van der Waals surface area contributed by atoms with Gasteiger partial charge in [-0.25, -0.2) is 0 Å². The van der Waals surface area contributed by atoms with Gasteiger partial charge in [0, 0.05) is 18.2 Å². The van der Waals surface area contributed by atoms with Crippen molar-refractivity contribution >= 4 is 23.5 Å². The number of aryl methyl sites for hydroxylation is 1. The predicted molar refractivity (Wildman–Crippen MR) is 116 cm³/mol. The number of carbonyl (C=O) groups excluding carboxylic acids is 2. The minimum Gasteiger partial charge on any atom is -0.497 e. The van der Waals surface area contributed by atoms with E-state index in [2.05, 4.69) is 15.5 Å². The molecule has 2 aromatic carbocycles. The van der Waals surface area contributed by atoms with Gasteiger partial charge in [0.25, 0.3) is 5.91 Å². The first kappa shape index (κ1) is 21.6. The van der Waals surface area contributed by atoms with Crippen LogP contribution in [-0.4, -0.2) is 39.3 Å². The van der Waals surface area contributed by atoms with Gasteiger partial charge >= 0.3 is 0 Å². The monoisotopic (exact) mass is 424 g/mol. The lowest BCUT2D eigenvalue weighted by Gasteiger charge is -2.14. The Morgan fingerprint density at radius 1 is 1.13 bits per heavy atom. The molecule has 156 valence electrons. The van der Waals surface area contributed by atoms with E-state index in [1.807, 2.05) is 39.1 Å². The van der Waals surface area contributed by atoms with E-state index in [4.69, 9.17) is 4.74 Å². The van der Waals surface area contributed by atoms with E-state index in [0.717, 1.165) is 5.56 Å². The highest BCUT2D eigenvalue weighted by atomic mass is 32.2. The number of ether oxygens (including phenoxy) is 1. The molecule has 0 bridgehead atoms. The molecule has 1 atom stereocenters. The summed E-state index contributed by atoms with van der Waals surface area (Å²) in [6.07, 6.45) is 0. The first-order chi connectivity index (χ1) is 14.4. The predicted octanol–water partition coefficient (Wildman–Crippen LogP) is 3.60. The molecule has 1 aromatic heterocycles. The van der Waals surface area contributed by atoms with Crippen LogP contribution in [0.1, 0.15) is 45.1 Å². The van der Waals surface area contributed by atoms with Crippen LogP contribution in [0.15, 0.2) is 53.7 Å². The number of hydrogen-bond donors (Lipinski definition) is 1. The second-order valence-corrected chi connectivity index (χ2v) is 7.79. The number of methoxy groups -OCH3 is 1. The highest BCUT2D eigenvalue weighted by Gasteiger charge is 2.20. The summed E-state index contributed by atoms with van der Waals surface area (Å²) in [6, 6.07) is 14.1. The minimum absolute atomic E-state index is 0.00638. The van der Waals surface area contributed by atoms with Crippen molar-refractivity contribution in [1.29, 1.82) is 0 Å². The molecule has 1 heterocycles. The van der Waals surface area contributed by atoms with Crippen LogP contribution in [0.5, 0.6) is 5.75 Å². The van der Waals surface area contributed by atoms with Crippen LogP contribution in [0.25, 0.3) is 0 Å². The van der Waals surface area contributed by atoms with Crippen molar-refractivity contribution in [2.24, 2.45) is 7.05 Å². The first-order valence-electron chi connectivity index (χ1n) is 9.46. The smallest absolute Gasteiger partial charge is 0.252 e. The second kappa shape index (κ2) is 9.58. The number of nitrogens with zero attached hydrogens (tertiary/aromatic N) is 3. The van der Waals surface area contributed by atoms with Crippen molar-refractivity contribution in [2.45, 2.75) is 25.0 Å². The number of ketones is 1. The number of aromatic nitrogens is 3. The average Bonchev–Trinajstić information content (AvgIpc) is 3.12. The lowest BCUT2D eigenvalue weighted by molar-refractivity contribution is 0.0936. The largest absolute Gasteiger partial charge is 0.497 e. The highest BCUT2D eigenvalue weighted by molar-refractivity contribution is 7.99. The molecule has 0 fully saturated rings. The molecule has 7 nitrogen and oxygen atoms in total. The molecule has 0 unspecified atom stereocenters. The molecule has 30 heavy (non-hydrogen) atoms. The van der Waals surface area contributed by atoms with Crippen molar-refractivity contribution in [3.8, 4) is 5.75 Å². The van der Waals surface area contributed by atoms with E-state index in [-0.39, 0.29) is 23.5 Å². The molecule has 0 aliphatic heterocycles. The van der Waals surface area contributed by atoms with Crippen molar-refractivity contribution in [1.82, 2.24) is 20.1 Å². The number of carbonyl (C=O) groups is 2. The quantitative estimate of drug-likeness (QED) is 0.439. The van der Waals surface area contributed by atoms with Crippen molar-refractivity contribution < 1.29 is 14.3 Å². The van der Waals surface area contributed by atoms with Crippen LogP contribution >= 0.6 is 11.8 Å². The molecule has 3 rings (SSSR count). The van der Waals surface area contributed by atoms with Crippen LogP contribution < -0.4 is 10.1 Å². The molecule has 8 heteroatoms. The fourth-order valence-corrected chi connectivity index (χ4v) is 3.80. The lowest BCUT2D eigenvalue weighted by Crippen LogP contribution is -2.29. The Morgan fingerprint density at radius 2 is 1.83 bits per heavy atom. The van der Waals surface area contributed by atoms with E-state index >= 15 is 0 Å². The molecule has 0 saturated heterocycles. The number of nitrogens with one attached hydrogen (secondary N) is 1. The van der Waals surface area contributed by atoms with E-state index in [9.17, 15) is 9.59 Å². The van der Waals surface area contributed by atoms with Gasteiger partial charge in [-0.2, -0.15) is 0 Å². The molecule has 3 aromatic rings. The number of Topliss-reactive ketones (excluding diaryl/α,β-unsaturated/α-hetero) is 1. The zero-order valence-electron chi connectivity index (χ0n) is 17.4. The number of rotatable bonds is 8. The van der Waals surface area contributed by atoms with Gasteiger partial charge in [-0.05, 0) is 49.7 Å². The summed E-state index contributed by atoms with van der Waals surface area (Å²) in [5.74, 6) is 1.40. The SMILES string of the molecule is COc1ccc(C(=O)CSc2nnc([C@H](C)NC(=O)c3ccccc3C)n2C)cc1. The van der Waals surface area contributed by atoms with Gasteiger partial charge in [0.1, 0.15) is 5.75 Å². The molecular formula is C22H24N4O3S. The van der Waals surface area contributed by atoms with E-state index in [1.165, 1.54) is 11.8 Å². The van der Waals surface area contributed by atoms with Crippen LogP contribution in [0.3, 0.4) is 0 Å². The van der Waals surface area contributed by atoms with Crippen LogP contribution in [0.4, 0.5) is 0 Å². The van der Waals surface area contributed by atoms with E-state index < -0.39 is 0 Å². The van der Waals surface area contributed by atoms with Gasteiger partial charge in [0.2, 0.25) is 0 Å². The maximum atomic E-state index is 12.6. The summed E-state index contributed by atoms with van der Waals surface area (Å²) in [5, 5.41) is 12.0. The first-order valence-corrected chi connectivity index (χ1v) is 10.4. The third-order valence-electron chi connectivity index (χ3n) is 4.74. The van der Waals surface area contributed by atoms with E-state index in [1.54, 1.807) is 42.0 Å². The average molecular weight is 425 g/mol. The minimum atomic E-state index is -0.332. The standard InChI is InChI=1S/C22H24N4O3S/c1-14-7-5-6-8-18(14)21(28)23-15(2)20-24-25-22(26(20)3)30-13-19(27)16-9-11-17(29-4)12-10-16/h5-12,15H,13H2,1-4H3,(H,23,28)/t15-/m0/s1. The van der Waals surface area contributed by atoms with Gasteiger partial charge in [0.15, 0.2) is 16.8 Å². The van der Waals surface area contributed by atoms with Gasteiger partial charge in [-0.3, -0.25) is 9.59 Å². The lowest BCUT2D eigenvalue weighted by atomic mass is 10.1. The highest BCUT2D eigenvalue weighted by Crippen LogP contribution is 2.21. The molecule has 0 radical (unpaired) electrons. The Bertz CT molecular complexity index is 1050. The number of amides is 1. The maximum Gasteiger partial charge on any atom is 0.252 e. The van der Waals surface area contributed by atoms with Gasteiger partial charge in [-0.1, -0.05) is 30.0 Å². The molecule has 0 spiro atoms. The molecule has 1 N–H and O–H groups in total. The second-order valence-electron chi connectivity index (χ2n) is 6.85. The molecular weight excluding hydrogens is 400 g/mol. The molecule has 0 aliphatic rings. The maximum absolute atomic E-state index is 12.6. The fraction of sp³-hybridized carbons (Fsp3) is 0.273. The van der Waals surface area contributed by atoms with Gasteiger partial charge < -0.3 is 14.6 Å². The van der Waals surface area contributed by atoms with Crippen molar-refractivity contribution in [2.75, 3.05) is 12.9 Å². The Morgan fingerprint density at radius 3 is 2.50 bits per heavy atom. The summed E-state index contributed by atoms with van der Waals surface area (Å²) in [4.78, 5) is 25.0. The normalized spacial score (nSPS) is 11.7. The van der Waals surface area contributed by atoms with Crippen LogP contribution in [0, 0.1) is 6.92 Å². The molecule has 0 saturated carbocycles. The summed E-state index contributed by atoms with van der Waals surface area (Å²) >= 11 is 1.31. The van der Waals surface area contributed by atoms with Gasteiger partial charge in [0.05, 0.1) is 18.9 Å². The number of hydrogen-bond acceptors (Lipinski definition) is 6. The Hall–Kier alpha value is -3.13. The number of thioether (sulfide) groups is 1. The van der Waals surface area contributed by atoms with Crippen molar-refractivity contribution in [3.63, 3.8) is 0 Å².